The average molecular weight is 103 g/mol. The molecule has 0 atom stereocenters. The standard InChI is InChI=1S/C2H5N3S/c1-2-3-5-6-4-2/h5H,1H3,(H,3,4). The summed E-state index contributed by atoms with van der Waals surface area (Å²) < 4.78 is 2.88. The number of hydrazone groups is 1. The lowest BCUT2D eigenvalue weighted by atomic mass is 10.7. The molecule has 0 aliphatic carbocycles. The molecule has 0 radical (unpaired) electrons. The van der Waals surface area contributed by atoms with E-state index in [1.807, 2.05) is 6.92 Å². The van der Waals surface area contributed by atoms with Crippen LogP contribution in [0, 0.1) is 0 Å². The van der Waals surface area contributed by atoms with Crippen LogP contribution < -0.4 is 9.55 Å². The highest BCUT2D eigenvalue weighted by Gasteiger charge is 1.93. The van der Waals surface area contributed by atoms with Gasteiger partial charge in [-0.05, 0) is 6.92 Å². The minimum Gasteiger partial charge on any atom is -0.298 e. The van der Waals surface area contributed by atoms with Crippen LogP contribution in [0.3, 0.4) is 0 Å². The van der Waals surface area contributed by atoms with Crippen molar-refractivity contribution < 1.29 is 0 Å². The van der Waals surface area contributed by atoms with Crippen molar-refractivity contribution in [2.75, 3.05) is 0 Å². The van der Waals surface area contributed by atoms with Gasteiger partial charge in [0.05, 0.1) is 12.1 Å². The summed E-state index contributed by atoms with van der Waals surface area (Å²) in [5.41, 5.74) is 0. The van der Waals surface area contributed by atoms with Gasteiger partial charge in [-0.25, -0.2) is 4.83 Å². The summed E-state index contributed by atoms with van der Waals surface area (Å²) in [6.45, 7) is 1.90. The van der Waals surface area contributed by atoms with Crippen LogP contribution in [0.15, 0.2) is 5.10 Å². The van der Waals surface area contributed by atoms with E-state index in [0.717, 1.165) is 5.84 Å². The highest BCUT2D eigenvalue weighted by atomic mass is 32.2. The van der Waals surface area contributed by atoms with Crippen LogP contribution in [0.1, 0.15) is 6.92 Å². The lowest BCUT2D eigenvalue weighted by Gasteiger charge is -1.81. The molecule has 34 valence electrons. The van der Waals surface area contributed by atoms with Crippen molar-refractivity contribution in [2.45, 2.75) is 6.92 Å². The second kappa shape index (κ2) is 1.38. The molecule has 3 nitrogen and oxygen atoms in total. The van der Waals surface area contributed by atoms with Crippen LogP contribution in [0.5, 0.6) is 0 Å². The summed E-state index contributed by atoms with van der Waals surface area (Å²) in [6.07, 6.45) is 0. The van der Waals surface area contributed by atoms with E-state index in [1.54, 1.807) is 0 Å². The average Bonchev–Trinajstić information content (AvgIpc) is 1.86. The van der Waals surface area contributed by atoms with Crippen molar-refractivity contribution in [3.8, 4) is 0 Å². The van der Waals surface area contributed by atoms with E-state index in [2.05, 4.69) is 14.7 Å². The Bertz CT molecular complexity index is 78.9. The minimum absolute atomic E-state index is 0.931. The van der Waals surface area contributed by atoms with Crippen molar-refractivity contribution in [1.29, 1.82) is 0 Å². The van der Waals surface area contributed by atoms with E-state index < -0.39 is 0 Å². The molecule has 1 aliphatic rings. The molecule has 0 bridgehead atoms. The number of nitrogens with zero attached hydrogens (tertiary/aromatic N) is 1. The Morgan fingerprint density at radius 2 is 2.67 bits per heavy atom. The first-order valence-electron chi connectivity index (χ1n) is 1.61. The first-order valence-corrected chi connectivity index (χ1v) is 2.42. The van der Waals surface area contributed by atoms with Crippen LogP contribution in [-0.2, 0) is 0 Å². The quantitative estimate of drug-likeness (QED) is 0.426. The van der Waals surface area contributed by atoms with Crippen LogP contribution in [0.25, 0.3) is 0 Å². The van der Waals surface area contributed by atoms with Crippen molar-refractivity contribution >= 4 is 18.0 Å². The first kappa shape index (κ1) is 3.80. The Balaban J connectivity index is 2.45. The topological polar surface area (TPSA) is 36.4 Å². The van der Waals surface area contributed by atoms with E-state index in [1.165, 1.54) is 12.1 Å². The predicted octanol–water partition coefficient (Wildman–Crippen LogP) is 0.0758. The Morgan fingerprint density at radius 3 is 2.83 bits per heavy atom. The Kier molecular flexibility index (Phi) is 0.874. The van der Waals surface area contributed by atoms with Crippen LogP contribution in [0.2, 0.25) is 0 Å². The van der Waals surface area contributed by atoms with Gasteiger partial charge in [0.25, 0.3) is 0 Å². The molecule has 2 N–H and O–H groups in total. The molecule has 0 spiro atoms. The van der Waals surface area contributed by atoms with E-state index in [0.29, 0.717) is 0 Å². The molecule has 0 saturated carbocycles. The van der Waals surface area contributed by atoms with Crippen LogP contribution in [-0.4, -0.2) is 5.84 Å². The molecule has 0 saturated heterocycles. The normalized spacial score (nSPS) is 18.5. The molecule has 0 fully saturated rings. The number of amidine groups is 1. The van der Waals surface area contributed by atoms with E-state index in [9.17, 15) is 0 Å². The third-order valence-electron chi connectivity index (χ3n) is 0.458. The molecular weight excluding hydrogens is 98.1 g/mol. The fourth-order valence-electron chi connectivity index (χ4n) is 0.211. The van der Waals surface area contributed by atoms with Gasteiger partial charge in [0.1, 0.15) is 5.84 Å². The SMILES string of the molecule is CC1=NNSN1. The number of nitrogens with one attached hydrogen (secondary N) is 2. The van der Waals surface area contributed by atoms with Crippen molar-refractivity contribution in [1.82, 2.24) is 9.55 Å². The highest BCUT2D eigenvalue weighted by molar-refractivity contribution is 7.96. The number of rotatable bonds is 0. The van der Waals surface area contributed by atoms with Crippen LogP contribution >= 0.6 is 12.1 Å². The first-order chi connectivity index (χ1) is 2.89. The summed E-state index contributed by atoms with van der Waals surface area (Å²) in [5, 5.41) is 3.75. The third kappa shape index (κ3) is 0.567. The van der Waals surface area contributed by atoms with Gasteiger partial charge < -0.3 is 0 Å². The molecule has 0 aromatic heterocycles. The van der Waals surface area contributed by atoms with Gasteiger partial charge in [-0.1, -0.05) is 0 Å². The van der Waals surface area contributed by atoms with Gasteiger partial charge >= 0.3 is 0 Å². The zero-order valence-corrected chi connectivity index (χ0v) is 4.17. The molecule has 0 aromatic carbocycles. The lowest BCUT2D eigenvalue weighted by Crippen LogP contribution is -2.03. The number of hydrogen-bond donors (Lipinski definition) is 2. The fraction of sp³-hybridized carbons (Fsp3) is 0.500. The van der Waals surface area contributed by atoms with Gasteiger partial charge in [-0.15, -0.1) is 0 Å². The van der Waals surface area contributed by atoms with Crippen molar-refractivity contribution in [3.05, 3.63) is 0 Å². The zero-order valence-electron chi connectivity index (χ0n) is 3.36. The maximum atomic E-state index is 3.75. The maximum Gasteiger partial charge on any atom is 0.131 e. The molecule has 1 heterocycles. The van der Waals surface area contributed by atoms with E-state index in [-0.39, 0.29) is 0 Å². The molecular formula is C2H5N3S. The summed E-state index contributed by atoms with van der Waals surface area (Å²) in [4.78, 5) is 2.67. The second-order valence-electron chi connectivity index (χ2n) is 0.993. The maximum absolute atomic E-state index is 3.75. The van der Waals surface area contributed by atoms with E-state index in [4.69, 9.17) is 0 Å². The summed E-state index contributed by atoms with van der Waals surface area (Å²) in [7, 11) is 0. The molecule has 0 unspecified atom stereocenters. The molecule has 1 rings (SSSR count). The zero-order chi connectivity index (χ0) is 4.41. The highest BCUT2D eigenvalue weighted by Crippen LogP contribution is 1.91. The monoisotopic (exact) mass is 103 g/mol. The van der Waals surface area contributed by atoms with Gasteiger partial charge in [-0.2, -0.15) is 5.10 Å². The fourth-order valence-corrected chi connectivity index (χ4v) is 0.632. The Labute approximate surface area is 40.5 Å². The molecule has 1 aliphatic heterocycles. The third-order valence-corrected chi connectivity index (χ3v) is 1.04. The van der Waals surface area contributed by atoms with Crippen LogP contribution in [0.4, 0.5) is 0 Å². The Morgan fingerprint density at radius 1 is 1.83 bits per heavy atom. The summed E-state index contributed by atoms with van der Waals surface area (Å²) in [6, 6.07) is 0. The molecule has 6 heavy (non-hydrogen) atoms. The minimum atomic E-state index is 0.931. The summed E-state index contributed by atoms with van der Waals surface area (Å²) >= 11 is 1.38. The van der Waals surface area contributed by atoms with Gasteiger partial charge in [0.2, 0.25) is 0 Å². The second-order valence-corrected chi connectivity index (χ2v) is 1.58. The molecule has 4 heteroatoms. The largest absolute Gasteiger partial charge is 0.298 e. The summed E-state index contributed by atoms with van der Waals surface area (Å²) in [5.74, 6) is 0.931. The Hall–Kier alpha value is -0.380. The molecule has 0 amide bonds. The van der Waals surface area contributed by atoms with Crippen molar-refractivity contribution in [2.24, 2.45) is 5.10 Å². The number of hydrogen-bond acceptors (Lipinski definition) is 4. The van der Waals surface area contributed by atoms with Crippen molar-refractivity contribution in [3.63, 3.8) is 0 Å². The van der Waals surface area contributed by atoms with Gasteiger partial charge in [0.15, 0.2) is 0 Å². The van der Waals surface area contributed by atoms with Gasteiger partial charge in [-0.3, -0.25) is 4.72 Å². The smallest absolute Gasteiger partial charge is 0.131 e. The lowest BCUT2D eigenvalue weighted by molar-refractivity contribution is 1.13. The predicted molar refractivity (Wildman–Crippen MR) is 27.0 cm³/mol. The van der Waals surface area contributed by atoms with E-state index >= 15 is 0 Å². The van der Waals surface area contributed by atoms with Gasteiger partial charge in [0, 0.05) is 0 Å². The molecule has 0 aromatic rings.